The highest BCUT2D eigenvalue weighted by Crippen LogP contribution is 2.23. The van der Waals surface area contributed by atoms with Crippen LogP contribution in [0.2, 0.25) is 0 Å². The van der Waals surface area contributed by atoms with Crippen molar-refractivity contribution >= 4 is 0 Å². The summed E-state index contributed by atoms with van der Waals surface area (Å²) in [4.78, 5) is 0. The zero-order valence-corrected chi connectivity index (χ0v) is 12.7. The normalized spacial score (nSPS) is 13.9. The topological polar surface area (TPSA) is 38.0 Å². The van der Waals surface area contributed by atoms with E-state index in [4.69, 9.17) is 0 Å². The molecule has 1 heterocycles. The second kappa shape index (κ2) is 5.87. The average molecular weight is 252 g/mol. The van der Waals surface area contributed by atoms with Crippen LogP contribution in [-0.4, -0.2) is 21.0 Å². The number of aromatic nitrogens is 2. The number of nitrogens with zero attached hydrogens (tertiary/aromatic N) is 2. The zero-order valence-electron chi connectivity index (χ0n) is 12.7. The van der Waals surface area contributed by atoms with Crippen LogP contribution in [0.3, 0.4) is 0 Å². The molecule has 1 atom stereocenters. The summed E-state index contributed by atoms with van der Waals surface area (Å²) in [6.45, 7) is 10.8. The van der Waals surface area contributed by atoms with Gasteiger partial charge in [-0.2, -0.15) is 5.10 Å². The fourth-order valence-corrected chi connectivity index (χ4v) is 2.23. The standard InChI is InChI=1S/C15H28N2O/c1-11-14(12(2)17(6)16-11)8-7-13(18)9-10-15(3,4)5/h13,18H,7-10H2,1-6H3. The summed E-state index contributed by atoms with van der Waals surface area (Å²) < 4.78 is 1.92. The first-order valence-electron chi connectivity index (χ1n) is 6.88. The van der Waals surface area contributed by atoms with Crippen molar-refractivity contribution in [3.63, 3.8) is 0 Å². The second-order valence-corrected chi connectivity index (χ2v) is 6.56. The Balaban J connectivity index is 2.45. The summed E-state index contributed by atoms with van der Waals surface area (Å²) >= 11 is 0. The van der Waals surface area contributed by atoms with Gasteiger partial charge >= 0.3 is 0 Å². The third kappa shape index (κ3) is 4.45. The number of rotatable bonds is 5. The molecule has 0 aliphatic heterocycles. The largest absolute Gasteiger partial charge is 0.393 e. The lowest BCUT2D eigenvalue weighted by Crippen LogP contribution is -2.14. The van der Waals surface area contributed by atoms with E-state index in [0.29, 0.717) is 5.41 Å². The molecular formula is C15H28N2O. The van der Waals surface area contributed by atoms with Crippen molar-refractivity contribution in [2.45, 2.75) is 66.4 Å². The van der Waals surface area contributed by atoms with Gasteiger partial charge in [-0.25, -0.2) is 0 Å². The molecule has 3 nitrogen and oxygen atoms in total. The Hall–Kier alpha value is -0.830. The lowest BCUT2D eigenvalue weighted by molar-refractivity contribution is 0.137. The van der Waals surface area contributed by atoms with Crippen molar-refractivity contribution in [3.05, 3.63) is 17.0 Å². The van der Waals surface area contributed by atoms with Gasteiger partial charge in [0.05, 0.1) is 11.8 Å². The maximum Gasteiger partial charge on any atom is 0.0628 e. The van der Waals surface area contributed by atoms with Crippen molar-refractivity contribution < 1.29 is 5.11 Å². The highest BCUT2D eigenvalue weighted by Gasteiger charge is 2.15. The Morgan fingerprint density at radius 3 is 2.28 bits per heavy atom. The van der Waals surface area contributed by atoms with Gasteiger partial charge in [0.2, 0.25) is 0 Å². The van der Waals surface area contributed by atoms with E-state index in [2.05, 4.69) is 32.8 Å². The first-order chi connectivity index (χ1) is 8.20. The molecule has 0 radical (unpaired) electrons. The lowest BCUT2D eigenvalue weighted by Gasteiger charge is -2.20. The minimum atomic E-state index is -0.191. The third-order valence-electron chi connectivity index (χ3n) is 3.61. The molecule has 0 saturated heterocycles. The molecule has 0 spiro atoms. The molecule has 1 rings (SSSR count). The van der Waals surface area contributed by atoms with Crippen LogP contribution in [0.5, 0.6) is 0 Å². The van der Waals surface area contributed by atoms with Gasteiger partial charge in [-0.3, -0.25) is 4.68 Å². The molecule has 1 aromatic heterocycles. The Labute approximate surface area is 111 Å². The van der Waals surface area contributed by atoms with Gasteiger partial charge in [0.1, 0.15) is 0 Å². The second-order valence-electron chi connectivity index (χ2n) is 6.56. The van der Waals surface area contributed by atoms with Crippen LogP contribution in [0.15, 0.2) is 0 Å². The number of aliphatic hydroxyl groups is 1. The molecule has 0 aliphatic carbocycles. The van der Waals surface area contributed by atoms with Crippen molar-refractivity contribution in [1.29, 1.82) is 0 Å². The Morgan fingerprint density at radius 1 is 1.22 bits per heavy atom. The van der Waals surface area contributed by atoms with Crippen LogP contribution in [0.25, 0.3) is 0 Å². The summed E-state index contributed by atoms with van der Waals surface area (Å²) in [5.74, 6) is 0. The molecule has 0 amide bonds. The van der Waals surface area contributed by atoms with Gasteiger partial charge in [-0.15, -0.1) is 0 Å². The van der Waals surface area contributed by atoms with Crippen LogP contribution in [-0.2, 0) is 13.5 Å². The molecule has 104 valence electrons. The highest BCUT2D eigenvalue weighted by molar-refractivity contribution is 5.24. The summed E-state index contributed by atoms with van der Waals surface area (Å²) in [6, 6.07) is 0. The first kappa shape index (κ1) is 15.2. The van der Waals surface area contributed by atoms with E-state index in [1.54, 1.807) is 0 Å². The monoisotopic (exact) mass is 252 g/mol. The predicted octanol–water partition coefficient (Wildman–Crippen LogP) is 3.16. The third-order valence-corrected chi connectivity index (χ3v) is 3.61. The summed E-state index contributed by atoms with van der Waals surface area (Å²) in [5, 5.41) is 14.4. The minimum Gasteiger partial charge on any atom is -0.393 e. The number of hydrogen-bond donors (Lipinski definition) is 1. The molecule has 0 saturated carbocycles. The molecular weight excluding hydrogens is 224 g/mol. The van der Waals surface area contributed by atoms with Crippen molar-refractivity contribution in [2.75, 3.05) is 0 Å². The molecule has 0 bridgehead atoms. The van der Waals surface area contributed by atoms with Gasteiger partial charge in [-0.1, -0.05) is 20.8 Å². The van der Waals surface area contributed by atoms with Gasteiger partial charge in [0.15, 0.2) is 0 Å². The molecule has 1 aromatic rings. The summed E-state index contributed by atoms with van der Waals surface area (Å²) in [6.07, 6.45) is 3.53. The van der Waals surface area contributed by atoms with Crippen molar-refractivity contribution in [1.82, 2.24) is 9.78 Å². The van der Waals surface area contributed by atoms with Gasteiger partial charge in [-0.05, 0) is 50.5 Å². The SMILES string of the molecule is Cc1nn(C)c(C)c1CCC(O)CCC(C)(C)C. The number of aliphatic hydroxyl groups excluding tert-OH is 1. The summed E-state index contributed by atoms with van der Waals surface area (Å²) in [5.41, 5.74) is 3.92. The van der Waals surface area contributed by atoms with Crippen LogP contribution >= 0.6 is 0 Å². The number of aryl methyl sites for hydroxylation is 2. The van der Waals surface area contributed by atoms with Crippen molar-refractivity contribution in [3.8, 4) is 0 Å². The van der Waals surface area contributed by atoms with Crippen LogP contribution in [0.1, 0.15) is 57.0 Å². The summed E-state index contributed by atoms with van der Waals surface area (Å²) in [7, 11) is 1.97. The molecule has 18 heavy (non-hydrogen) atoms. The lowest BCUT2D eigenvalue weighted by atomic mass is 9.88. The Kier molecular flexibility index (Phi) is 4.97. The first-order valence-corrected chi connectivity index (χ1v) is 6.88. The van der Waals surface area contributed by atoms with E-state index in [-0.39, 0.29) is 6.10 Å². The maximum atomic E-state index is 10.0. The molecule has 0 aromatic carbocycles. The van der Waals surface area contributed by atoms with E-state index in [1.165, 1.54) is 11.3 Å². The average Bonchev–Trinajstić information content (AvgIpc) is 2.47. The molecule has 1 N–H and O–H groups in total. The molecule has 0 aliphatic rings. The Morgan fingerprint density at radius 2 is 1.83 bits per heavy atom. The highest BCUT2D eigenvalue weighted by atomic mass is 16.3. The van der Waals surface area contributed by atoms with Gasteiger partial charge in [0.25, 0.3) is 0 Å². The Bertz CT molecular complexity index is 388. The van der Waals surface area contributed by atoms with E-state index >= 15 is 0 Å². The minimum absolute atomic E-state index is 0.191. The van der Waals surface area contributed by atoms with Crippen LogP contribution in [0, 0.1) is 19.3 Å². The smallest absolute Gasteiger partial charge is 0.0628 e. The maximum absolute atomic E-state index is 10.0. The van der Waals surface area contributed by atoms with Crippen LogP contribution in [0.4, 0.5) is 0 Å². The van der Waals surface area contributed by atoms with E-state index in [1.807, 2.05) is 18.7 Å². The molecule has 0 fully saturated rings. The number of hydrogen-bond acceptors (Lipinski definition) is 2. The molecule has 3 heteroatoms. The van der Waals surface area contributed by atoms with Gasteiger partial charge < -0.3 is 5.11 Å². The van der Waals surface area contributed by atoms with E-state index < -0.39 is 0 Å². The fraction of sp³-hybridized carbons (Fsp3) is 0.800. The van der Waals surface area contributed by atoms with E-state index in [0.717, 1.165) is 31.4 Å². The zero-order chi connectivity index (χ0) is 13.9. The van der Waals surface area contributed by atoms with Crippen molar-refractivity contribution in [2.24, 2.45) is 12.5 Å². The van der Waals surface area contributed by atoms with E-state index in [9.17, 15) is 5.11 Å². The quantitative estimate of drug-likeness (QED) is 0.874. The fourth-order valence-electron chi connectivity index (χ4n) is 2.23. The predicted molar refractivity (Wildman–Crippen MR) is 75.7 cm³/mol. The van der Waals surface area contributed by atoms with Crippen LogP contribution < -0.4 is 0 Å². The molecule has 1 unspecified atom stereocenters. The van der Waals surface area contributed by atoms with Gasteiger partial charge in [0, 0.05) is 12.7 Å².